The van der Waals surface area contributed by atoms with Crippen LogP contribution < -0.4 is 5.32 Å². The molecule has 1 aliphatic heterocycles. The average molecular weight is 292 g/mol. The second-order valence-electron chi connectivity index (χ2n) is 5.44. The van der Waals surface area contributed by atoms with Crippen molar-refractivity contribution in [1.29, 1.82) is 0 Å². The lowest BCUT2D eigenvalue weighted by Crippen LogP contribution is -2.33. The first-order chi connectivity index (χ1) is 9.63. The predicted molar refractivity (Wildman–Crippen MR) is 80.4 cm³/mol. The maximum Gasteiger partial charge on any atom is 0.243 e. The summed E-state index contributed by atoms with van der Waals surface area (Å²) < 4.78 is 27.1. The first kappa shape index (κ1) is 13.6. The molecule has 0 bridgehead atoms. The molecule has 0 saturated heterocycles. The van der Waals surface area contributed by atoms with Crippen molar-refractivity contribution < 1.29 is 8.42 Å². The fourth-order valence-electron chi connectivity index (χ4n) is 2.68. The molecule has 1 heterocycles. The normalized spacial score (nSPS) is 18.4. The third kappa shape index (κ3) is 2.47. The first-order valence-corrected chi connectivity index (χ1v) is 8.56. The van der Waals surface area contributed by atoms with Crippen LogP contribution in [0.25, 0.3) is 0 Å². The SMILES string of the molecule is C=CCN(C1CC1)S(=O)(=O)c1ccc2c(c1)CCCN2. The van der Waals surface area contributed by atoms with Crippen LogP contribution in [-0.4, -0.2) is 31.9 Å². The second kappa shape index (κ2) is 5.22. The standard InChI is InChI=1S/C15H20N2O2S/c1-2-10-17(13-5-6-13)20(18,19)14-7-8-15-12(11-14)4-3-9-16-15/h2,7-8,11,13,16H,1,3-6,9-10H2. The van der Waals surface area contributed by atoms with Crippen molar-refractivity contribution in [2.45, 2.75) is 36.6 Å². The molecule has 1 aliphatic carbocycles. The first-order valence-electron chi connectivity index (χ1n) is 7.12. The second-order valence-corrected chi connectivity index (χ2v) is 7.33. The number of benzene rings is 1. The van der Waals surface area contributed by atoms with Crippen molar-refractivity contribution >= 4 is 15.7 Å². The molecule has 1 saturated carbocycles. The smallest absolute Gasteiger partial charge is 0.243 e. The monoisotopic (exact) mass is 292 g/mol. The Morgan fingerprint density at radius 2 is 2.20 bits per heavy atom. The van der Waals surface area contributed by atoms with Gasteiger partial charge in [-0.2, -0.15) is 4.31 Å². The number of sulfonamides is 1. The third-order valence-electron chi connectivity index (χ3n) is 3.88. The summed E-state index contributed by atoms with van der Waals surface area (Å²) in [6.45, 7) is 5.03. The highest BCUT2D eigenvalue weighted by atomic mass is 32.2. The summed E-state index contributed by atoms with van der Waals surface area (Å²) >= 11 is 0. The lowest BCUT2D eigenvalue weighted by atomic mass is 10.0. The number of nitrogens with one attached hydrogen (secondary N) is 1. The molecule has 3 rings (SSSR count). The van der Waals surface area contributed by atoms with Crippen molar-refractivity contribution in [3.05, 3.63) is 36.4 Å². The summed E-state index contributed by atoms with van der Waals surface area (Å²) in [5.41, 5.74) is 2.17. The van der Waals surface area contributed by atoms with Gasteiger partial charge in [0.1, 0.15) is 0 Å². The highest BCUT2D eigenvalue weighted by molar-refractivity contribution is 7.89. The summed E-state index contributed by atoms with van der Waals surface area (Å²) in [5, 5.41) is 3.31. The van der Waals surface area contributed by atoms with Gasteiger partial charge in [0.2, 0.25) is 10.0 Å². The highest BCUT2D eigenvalue weighted by Gasteiger charge is 2.37. The number of aryl methyl sites for hydroxylation is 1. The van der Waals surface area contributed by atoms with Gasteiger partial charge in [0.05, 0.1) is 4.90 Å². The lowest BCUT2D eigenvalue weighted by Gasteiger charge is -2.23. The highest BCUT2D eigenvalue weighted by Crippen LogP contribution is 2.33. The molecule has 0 aromatic heterocycles. The molecule has 5 heteroatoms. The molecule has 0 unspecified atom stereocenters. The maximum absolute atomic E-state index is 12.7. The average Bonchev–Trinajstić information content (AvgIpc) is 3.28. The van der Waals surface area contributed by atoms with Gasteiger partial charge in [0.15, 0.2) is 0 Å². The van der Waals surface area contributed by atoms with Gasteiger partial charge >= 0.3 is 0 Å². The van der Waals surface area contributed by atoms with Crippen LogP contribution in [0.15, 0.2) is 35.7 Å². The van der Waals surface area contributed by atoms with Gasteiger partial charge in [-0.05, 0) is 49.4 Å². The number of fused-ring (bicyclic) bond motifs is 1. The zero-order valence-corrected chi connectivity index (χ0v) is 12.3. The number of rotatable bonds is 5. The molecule has 0 amide bonds. The van der Waals surface area contributed by atoms with Crippen LogP contribution in [0.3, 0.4) is 0 Å². The lowest BCUT2D eigenvalue weighted by molar-refractivity contribution is 0.436. The zero-order chi connectivity index (χ0) is 14.2. The minimum absolute atomic E-state index is 0.159. The van der Waals surface area contributed by atoms with Crippen LogP contribution in [0.4, 0.5) is 5.69 Å². The molecular weight excluding hydrogens is 272 g/mol. The molecule has 4 nitrogen and oxygen atoms in total. The Balaban J connectivity index is 1.95. The number of hydrogen-bond acceptors (Lipinski definition) is 3. The number of hydrogen-bond donors (Lipinski definition) is 1. The Bertz CT molecular complexity index is 621. The van der Waals surface area contributed by atoms with Crippen LogP contribution >= 0.6 is 0 Å². The molecule has 108 valence electrons. The summed E-state index contributed by atoms with van der Waals surface area (Å²) in [6, 6.07) is 5.59. The van der Waals surface area contributed by atoms with Crippen molar-refractivity contribution in [3.8, 4) is 0 Å². The minimum atomic E-state index is -3.40. The fraction of sp³-hybridized carbons (Fsp3) is 0.467. The Kier molecular flexibility index (Phi) is 3.56. The summed E-state index contributed by atoms with van der Waals surface area (Å²) in [6.07, 6.45) is 5.57. The topological polar surface area (TPSA) is 49.4 Å². The fourth-order valence-corrected chi connectivity index (χ4v) is 4.39. The van der Waals surface area contributed by atoms with Gasteiger partial charge < -0.3 is 5.32 Å². The number of anilines is 1. The molecule has 2 aliphatic rings. The van der Waals surface area contributed by atoms with Crippen LogP contribution in [0, 0.1) is 0 Å². The largest absolute Gasteiger partial charge is 0.385 e. The van der Waals surface area contributed by atoms with Gasteiger partial charge in [0.25, 0.3) is 0 Å². The van der Waals surface area contributed by atoms with E-state index in [-0.39, 0.29) is 6.04 Å². The van der Waals surface area contributed by atoms with Gasteiger partial charge in [-0.25, -0.2) is 8.42 Å². The summed E-state index contributed by atoms with van der Waals surface area (Å²) in [4.78, 5) is 0.411. The Labute approximate surface area is 120 Å². The molecule has 1 N–H and O–H groups in total. The summed E-state index contributed by atoms with van der Waals surface area (Å²) in [5.74, 6) is 0. The number of nitrogens with zero attached hydrogens (tertiary/aromatic N) is 1. The van der Waals surface area contributed by atoms with Crippen molar-refractivity contribution in [3.63, 3.8) is 0 Å². The van der Waals surface area contributed by atoms with E-state index in [9.17, 15) is 8.42 Å². The van der Waals surface area contributed by atoms with E-state index < -0.39 is 10.0 Å². The van der Waals surface area contributed by atoms with E-state index in [1.165, 1.54) is 0 Å². The quantitative estimate of drug-likeness (QED) is 0.848. The molecule has 0 radical (unpaired) electrons. The van der Waals surface area contributed by atoms with Crippen LogP contribution in [0.2, 0.25) is 0 Å². The molecule has 0 atom stereocenters. The van der Waals surface area contributed by atoms with E-state index in [2.05, 4.69) is 11.9 Å². The van der Waals surface area contributed by atoms with Crippen molar-refractivity contribution in [2.24, 2.45) is 0 Å². The molecule has 0 spiro atoms. The Morgan fingerprint density at radius 3 is 2.90 bits per heavy atom. The molecule has 1 fully saturated rings. The van der Waals surface area contributed by atoms with E-state index >= 15 is 0 Å². The third-order valence-corrected chi connectivity index (χ3v) is 5.80. The molecule has 1 aromatic rings. The molecule has 20 heavy (non-hydrogen) atoms. The Hall–Kier alpha value is -1.33. The van der Waals surface area contributed by atoms with Gasteiger partial charge in [-0.1, -0.05) is 6.08 Å². The van der Waals surface area contributed by atoms with Crippen LogP contribution in [0.1, 0.15) is 24.8 Å². The van der Waals surface area contributed by atoms with E-state index in [1.807, 2.05) is 12.1 Å². The predicted octanol–water partition coefficient (Wildman–Crippen LogP) is 2.38. The van der Waals surface area contributed by atoms with E-state index in [0.717, 1.165) is 43.5 Å². The Morgan fingerprint density at radius 1 is 1.40 bits per heavy atom. The van der Waals surface area contributed by atoms with Crippen molar-refractivity contribution in [2.75, 3.05) is 18.4 Å². The van der Waals surface area contributed by atoms with Gasteiger partial charge in [-0.15, -0.1) is 6.58 Å². The van der Waals surface area contributed by atoms with Gasteiger partial charge in [-0.3, -0.25) is 0 Å². The van der Waals surface area contributed by atoms with Crippen molar-refractivity contribution in [1.82, 2.24) is 4.31 Å². The minimum Gasteiger partial charge on any atom is -0.385 e. The van der Waals surface area contributed by atoms with E-state index in [4.69, 9.17) is 0 Å². The molecular formula is C15H20N2O2S. The maximum atomic E-state index is 12.7. The molecule has 1 aromatic carbocycles. The van der Waals surface area contributed by atoms with E-state index in [0.29, 0.717) is 11.4 Å². The summed E-state index contributed by atoms with van der Waals surface area (Å²) in [7, 11) is -3.40. The van der Waals surface area contributed by atoms with Gasteiger partial charge in [0, 0.05) is 24.8 Å². The zero-order valence-electron chi connectivity index (χ0n) is 11.5. The van der Waals surface area contributed by atoms with Crippen LogP contribution in [0.5, 0.6) is 0 Å². The van der Waals surface area contributed by atoms with Crippen LogP contribution in [-0.2, 0) is 16.4 Å². The van der Waals surface area contributed by atoms with E-state index in [1.54, 1.807) is 16.4 Å².